The lowest BCUT2D eigenvalue weighted by molar-refractivity contribution is 0.0947. The minimum absolute atomic E-state index is 0.109. The van der Waals surface area contributed by atoms with Gasteiger partial charge in [-0.25, -0.2) is 0 Å². The second-order valence-electron chi connectivity index (χ2n) is 6.21. The van der Waals surface area contributed by atoms with Crippen LogP contribution in [0.4, 0.5) is 0 Å². The summed E-state index contributed by atoms with van der Waals surface area (Å²) in [6, 6.07) is 13.3. The van der Waals surface area contributed by atoms with E-state index in [1.807, 2.05) is 36.4 Å². The zero-order chi connectivity index (χ0) is 16.4. The van der Waals surface area contributed by atoms with Crippen LogP contribution in [0, 0.1) is 0 Å². The summed E-state index contributed by atoms with van der Waals surface area (Å²) in [6.07, 6.45) is 1.71. The maximum atomic E-state index is 12.5. The van der Waals surface area contributed by atoms with Crippen LogP contribution in [0.1, 0.15) is 29.8 Å². The van der Waals surface area contributed by atoms with E-state index in [1.165, 1.54) is 0 Å². The van der Waals surface area contributed by atoms with Crippen LogP contribution in [-0.4, -0.2) is 22.6 Å². The van der Waals surface area contributed by atoms with Gasteiger partial charge in [-0.05, 0) is 23.8 Å². The van der Waals surface area contributed by atoms with Crippen molar-refractivity contribution in [3.8, 4) is 0 Å². The Hall–Kier alpha value is -2.33. The molecule has 2 N–H and O–H groups in total. The molecular weight excluding hydrogens is 310 g/mol. The molecule has 0 bridgehead atoms. The number of fused-ring (bicyclic) bond motifs is 1. The van der Waals surface area contributed by atoms with E-state index in [9.17, 15) is 4.79 Å². The number of carbonyl (C=O) groups excluding carboxylic acids is 1. The molecule has 118 valence electrons. The highest BCUT2D eigenvalue weighted by Gasteiger charge is 2.22. The lowest BCUT2D eigenvalue weighted by atomic mass is 9.84. The molecule has 0 spiro atoms. The highest BCUT2D eigenvalue weighted by molar-refractivity contribution is 6.30. The van der Waals surface area contributed by atoms with Crippen LogP contribution in [0.25, 0.3) is 10.9 Å². The van der Waals surface area contributed by atoms with Crippen molar-refractivity contribution in [1.29, 1.82) is 0 Å². The van der Waals surface area contributed by atoms with E-state index in [-0.39, 0.29) is 11.3 Å². The van der Waals surface area contributed by atoms with Gasteiger partial charge < -0.3 is 5.32 Å². The molecule has 0 aliphatic carbocycles. The first-order valence-electron chi connectivity index (χ1n) is 7.44. The number of halogens is 1. The number of para-hydroxylation sites is 1. The van der Waals surface area contributed by atoms with Crippen molar-refractivity contribution in [3.63, 3.8) is 0 Å². The first-order valence-corrected chi connectivity index (χ1v) is 7.81. The van der Waals surface area contributed by atoms with Gasteiger partial charge in [0.25, 0.3) is 5.91 Å². The standard InChI is InChI=1S/C18H18ClN3O/c1-18(2,13-6-8-14(19)9-7-13)11-20-17(23)15-5-3-4-12-10-21-22-16(12)15/h3-10H,11H2,1-2H3,(H,20,23)(H,21,22). The van der Waals surface area contributed by atoms with E-state index in [0.29, 0.717) is 17.1 Å². The summed E-state index contributed by atoms with van der Waals surface area (Å²) in [4.78, 5) is 12.5. The number of nitrogens with zero attached hydrogens (tertiary/aromatic N) is 1. The number of hydrogen-bond acceptors (Lipinski definition) is 2. The van der Waals surface area contributed by atoms with Gasteiger partial charge in [-0.3, -0.25) is 9.89 Å². The Morgan fingerprint density at radius 3 is 2.70 bits per heavy atom. The molecule has 0 atom stereocenters. The van der Waals surface area contributed by atoms with Crippen LogP contribution in [0.15, 0.2) is 48.7 Å². The molecule has 5 heteroatoms. The van der Waals surface area contributed by atoms with Crippen LogP contribution in [0.3, 0.4) is 0 Å². The topological polar surface area (TPSA) is 57.8 Å². The number of H-pyrrole nitrogens is 1. The summed E-state index contributed by atoms with van der Waals surface area (Å²) in [7, 11) is 0. The highest BCUT2D eigenvalue weighted by Crippen LogP contribution is 2.24. The number of carbonyl (C=O) groups is 1. The molecule has 3 aromatic rings. The molecule has 1 amide bonds. The van der Waals surface area contributed by atoms with Crippen LogP contribution < -0.4 is 5.32 Å². The summed E-state index contributed by atoms with van der Waals surface area (Å²) in [6.45, 7) is 4.71. The summed E-state index contributed by atoms with van der Waals surface area (Å²) >= 11 is 5.93. The third-order valence-corrected chi connectivity index (χ3v) is 4.29. The quantitative estimate of drug-likeness (QED) is 0.763. The molecule has 0 saturated carbocycles. The number of benzene rings is 2. The molecule has 0 radical (unpaired) electrons. The zero-order valence-electron chi connectivity index (χ0n) is 13.1. The number of amides is 1. The predicted molar refractivity (Wildman–Crippen MR) is 92.9 cm³/mol. The largest absolute Gasteiger partial charge is 0.351 e. The fourth-order valence-corrected chi connectivity index (χ4v) is 2.68. The molecule has 1 aromatic heterocycles. The van der Waals surface area contributed by atoms with E-state index in [4.69, 9.17) is 11.6 Å². The lowest BCUT2D eigenvalue weighted by Crippen LogP contribution is -2.36. The van der Waals surface area contributed by atoms with Gasteiger partial charge in [-0.2, -0.15) is 5.10 Å². The highest BCUT2D eigenvalue weighted by atomic mass is 35.5. The number of nitrogens with one attached hydrogen (secondary N) is 2. The van der Waals surface area contributed by atoms with E-state index >= 15 is 0 Å². The minimum Gasteiger partial charge on any atom is -0.351 e. The van der Waals surface area contributed by atoms with E-state index in [2.05, 4.69) is 29.4 Å². The second-order valence-corrected chi connectivity index (χ2v) is 6.65. The fourth-order valence-electron chi connectivity index (χ4n) is 2.56. The summed E-state index contributed by atoms with van der Waals surface area (Å²) in [5.74, 6) is -0.109. The van der Waals surface area contributed by atoms with E-state index in [1.54, 1.807) is 12.3 Å². The molecule has 0 aliphatic heterocycles. The molecule has 0 aliphatic rings. The molecular formula is C18H18ClN3O. The van der Waals surface area contributed by atoms with Gasteiger partial charge in [-0.1, -0.05) is 49.7 Å². The van der Waals surface area contributed by atoms with Crippen molar-refractivity contribution in [2.45, 2.75) is 19.3 Å². The zero-order valence-corrected chi connectivity index (χ0v) is 13.8. The Kier molecular flexibility index (Phi) is 4.09. The van der Waals surface area contributed by atoms with Crippen molar-refractivity contribution >= 4 is 28.4 Å². The van der Waals surface area contributed by atoms with Crippen LogP contribution >= 0.6 is 11.6 Å². The molecule has 0 saturated heterocycles. The van der Waals surface area contributed by atoms with Crippen molar-refractivity contribution < 1.29 is 4.79 Å². The third kappa shape index (κ3) is 3.22. The van der Waals surface area contributed by atoms with Crippen LogP contribution in [0.2, 0.25) is 5.02 Å². The number of hydrogen-bond donors (Lipinski definition) is 2. The summed E-state index contributed by atoms with van der Waals surface area (Å²) in [5.41, 5.74) is 2.30. The van der Waals surface area contributed by atoms with Gasteiger partial charge in [-0.15, -0.1) is 0 Å². The molecule has 23 heavy (non-hydrogen) atoms. The van der Waals surface area contributed by atoms with Gasteiger partial charge in [0.2, 0.25) is 0 Å². The molecule has 0 unspecified atom stereocenters. The van der Waals surface area contributed by atoms with Gasteiger partial charge in [0.1, 0.15) is 0 Å². The van der Waals surface area contributed by atoms with Crippen LogP contribution in [-0.2, 0) is 5.41 Å². The minimum atomic E-state index is -0.192. The molecule has 3 rings (SSSR count). The Labute approximate surface area is 139 Å². The van der Waals surface area contributed by atoms with Crippen molar-refractivity contribution in [2.24, 2.45) is 0 Å². The average Bonchev–Trinajstić information content (AvgIpc) is 3.01. The van der Waals surface area contributed by atoms with Crippen molar-refractivity contribution in [3.05, 3.63) is 64.8 Å². The van der Waals surface area contributed by atoms with Gasteiger partial charge in [0.15, 0.2) is 0 Å². The smallest absolute Gasteiger partial charge is 0.253 e. The molecule has 4 nitrogen and oxygen atoms in total. The number of rotatable bonds is 4. The maximum Gasteiger partial charge on any atom is 0.253 e. The van der Waals surface area contributed by atoms with Gasteiger partial charge >= 0.3 is 0 Å². The van der Waals surface area contributed by atoms with Gasteiger partial charge in [0, 0.05) is 22.4 Å². The summed E-state index contributed by atoms with van der Waals surface area (Å²) in [5, 5.41) is 11.5. The van der Waals surface area contributed by atoms with Crippen molar-refractivity contribution in [2.75, 3.05) is 6.54 Å². The molecule has 0 fully saturated rings. The van der Waals surface area contributed by atoms with E-state index in [0.717, 1.165) is 16.5 Å². The number of aromatic amines is 1. The van der Waals surface area contributed by atoms with E-state index < -0.39 is 0 Å². The predicted octanol–water partition coefficient (Wildman–Crippen LogP) is 3.92. The summed E-state index contributed by atoms with van der Waals surface area (Å²) < 4.78 is 0. The fraction of sp³-hybridized carbons (Fsp3) is 0.222. The Morgan fingerprint density at radius 2 is 1.96 bits per heavy atom. The Bertz CT molecular complexity index is 837. The Balaban J connectivity index is 1.75. The SMILES string of the molecule is CC(C)(CNC(=O)c1cccc2cn[nH]c12)c1ccc(Cl)cc1. The third-order valence-electron chi connectivity index (χ3n) is 4.04. The Morgan fingerprint density at radius 1 is 1.22 bits per heavy atom. The first-order chi connectivity index (χ1) is 11.0. The first kappa shape index (κ1) is 15.6. The lowest BCUT2D eigenvalue weighted by Gasteiger charge is -2.25. The normalized spacial score (nSPS) is 11.6. The molecule has 1 heterocycles. The van der Waals surface area contributed by atoms with Crippen LogP contribution in [0.5, 0.6) is 0 Å². The molecule has 2 aromatic carbocycles. The number of aromatic nitrogens is 2. The van der Waals surface area contributed by atoms with Crippen molar-refractivity contribution in [1.82, 2.24) is 15.5 Å². The average molecular weight is 328 g/mol. The maximum absolute atomic E-state index is 12.5. The monoisotopic (exact) mass is 327 g/mol. The van der Waals surface area contributed by atoms with Gasteiger partial charge in [0.05, 0.1) is 17.3 Å². The second kappa shape index (κ2) is 6.05.